The molecule has 0 fully saturated rings. The number of pyridine rings is 1. The molecule has 3 heterocycles. The molecule has 1 N–H and O–H groups in total. The standard InChI is InChI=1S/C20H23N3O/c1-14-3-5-18-16(11-14)17-13-21-9-7-19(17)23(18)10-8-15-4-6-20(24-2)22-12-15/h3-6,11-12,21H,7-10,13H2,1-2H3. The van der Waals surface area contributed by atoms with Crippen molar-refractivity contribution in [1.82, 2.24) is 14.9 Å². The number of hydrogen-bond acceptors (Lipinski definition) is 3. The summed E-state index contributed by atoms with van der Waals surface area (Å²) in [5.74, 6) is 0.670. The van der Waals surface area contributed by atoms with Gasteiger partial charge in [-0.3, -0.25) is 0 Å². The molecule has 0 saturated carbocycles. The van der Waals surface area contributed by atoms with E-state index in [1.807, 2.05) is 12.3 Å². The monoisotopic (exact) mass is 321 g/mol. The average molecular weight is 321 g/mol. The minimum atomic E-state index is 0.670. The van der Waals surface area contributed by atoms with Crippen LogP contribution in [-0.4, -0.2) is 23.2 Å². The van der Waals surface area contributed by atoms with Crippen LogP contribution in [-0.2, 0) is 25.9 Å². The number of hydrogen-bond donors (Lipinski definition) is 1. The van der Waals surface area contributed by atoms with Gasteiger partial charge in [-0.1, -0.05) is 17.7 Å². The summed E-state index contributed by atoms with van der Waals surface area (Å²) in [5.41, 5.74) is 6.90. The van der Waals surface area contributed by atoms with Crippen LogP contribution >= 0.6 is 0 Å². The molecule has 2 aromatic heterocycles. The Morgan fingerprint density at radius 3 is 2.96 bits per heavy atom. The second-order valence-electron chi connectivity index (χ2n) is 6.48. The van der Waals surface area contributed by atoms with Crippen LogP contribution in [0.4, 0.5) is 0 Å². The van der Waals surface area contributed by atoms with Gasteiger partial charge in [-0.15, -0.1) is 0 Å². The van der Waals surface area contributed by atoms with Crippen LogP contribution < -0.4 is 10.1 Å². The molecule has 4 nitrogen and oxygen atoms in total. The molecule has 0 unspecified atom stereocenters. The van der Waals surface area contributed by atoms with Crippen LogP contribution in [0.1, 0.15) is 22.4 Å². The van der Waals surface area contributed by atoms with Crippen LogP contribution in [0.5, 0.6) is 5.88 Å². The molecule has 0 atom stereocenters. The van der Waals surface area contributed by atoms with E-state index >= 15 is 0 Å². The molecule has 24 heavy (non-hydrogen) atoms. The van der Waals surface area contributed by atoms with E-state index in [0.29, 0.717) is 5.88 Å². The van der Waals surface area contributed by atoms with Crippen LogP contribution in [0.25, 0.3) is 10.9 Å². The summed E-state index contributed by atoms with van der Waals surface area (Å²) in [6, 6.07) is 10.9. The van der Waals surface area contributed by atoms with Crippen molar-refractivity contribution in [2.45, 2.75) is 32.9 Å². The molecule has 4 rings (SSSR count). The quantitative estimate of drug-likeness (QED) is 0.802. The van der Waals surface area contributed by atoms with Crippen molar-refractivity contribution >= 4 is 10.9 Å². The molecule has 1 aromatic carbocycles. The van der Waals surface area contributed by atoms with Crippen LogP contribution in [0, 0.1) is 6.92 Å². The summed E-state index contributed by atoms with van der Waals surface area (Å²) in [6.07, 6.45) is 4.00. The highest BCUT2D eigenvalue weighted by Crippen LogP contribution is 2.29. The molecule has 0 saturated heterocycles. The van der Waals surface area contributed by atoms with E-state index in [9.17, 15) is 0 Å². The highest BCUT2D eigenvalue weighted by molar-refractivity contribution is 5.86. The second-order valence-corrected chi connectivity index (χ2v) is 6.48. The minimum absolute atomic E-state index is 0.670. The highest BCUT2D eigenvalue weighted by Gasteiger charge is 2.19. The third-order valence-corrected chi connectivity index (χ3v) is 4.91. The average Bonchev–Trinajstić information content (AvgIpc) is 2.93. The minimum Gasteiger partial charge on any atom is -0.481 e. The third-order valence-electron chi connectivity index (χ3n) is 4.91. The Morgan fingerprint density at radius 2 is 2.17 bits per heavy atom. The van der Waals surface area contributed by atoms with Gasteiger partial charge in [0, 0.05) is 54.9 Å². The fourth-order valence-corrected chi connectivity index (χ4v) is 3.67. The fraction of sp³-hybridized carbons (Fsp3) is 0.350. The fourth-order valence-electron chi connectivity index (χ4n) is 3.67. The first-order chi connectivity index (χ1) is 11.8. The highest BCUT2D eigenvalue weighted by atomic mass is 16.5. The van der Waals surface area contributed by atoms with Gasteiger partial charge in [-0.05, 0) is 36.6 Å². The molecule has 124 valence electrons. The van der Waals surface area contributed by atoms with E-state index in [4.69, 9.17) is 4.74 Å². The Morgan fingerprint density at radius 1 is 1.25 bits per heavy atom. The van der Waals surface area contributed by atoms with Gasteiger partial charge in [0.05, 0.1) is 7.11 Å². The van der Waals surface area contributed by atoms with Crippen molar-refractivity contribution in [2.75, 3.05) is 13.7 Å². The van der Waals surface area contributed by atoms with E-state index in [-0.39, 0.29) is 0 Å². The SMILES string of the molecule is COc1ccc(CCn2c3c(c4cc(C)ccc42)CNCC3)cn1. The molecule has 0 bridgehead atoms. The predicted octanol–water partition coefficient (Wildman–Crippen LogP) is 3.24. The zero-order chi connectivity index (χ0) is 16.5. The van der Waals surface area contributed by atoms with Gasteiger partial charge in [0.15, 0.2) is 0 Å². The first-order valence-corrected chi connectivity index (χ1v) is 8.56. The molecule has 0 amide bonds. The first kappa shape index (κ1) is 15.2. The maximum absolute atomic E-state index is 5.14. The maximum atomic E-state index is 5.14. The Hall–Kier alpha value is -2.33. The second kappa shape index (κ2) is 6.29. The number of fused-ring (bicyclic) bond motifs is 3. The van der Waals surface area contributed by atoms with Crippen molar-refractivity contribution in [2.24, 2.45) is 0 Å². The Kier molecular flexibility index (Phi) is 3.98. The van der Waals surface area contributed by atoms with Crippen LogP contribution in [0.2, 0.25) is 0 Å². The van der Waals surface area contributed by atoms with Crippen molar-refractivity contribution in [1.29, 1.82) is 0 Å². The molecule has 1 aliphatic rings. The normalized spacial score (nSPS) is 13.9. The number of ether oxygens (including phenoxy) is 1. The third kappa shape index (κ3) is 2.67. The molecule has 4 heteroatoms. The Labute approximate surface area is 142 Å². The van der Waals surface area contributed by atoms with E-state index < -0.39 is 0 Å². The van der Waals surface area contributed by atoms with Crippen LogP contribution in [0.15, 0.2) is 36.5 Å². The lowest BCUT2D eigenvalue weighted by atomic mass is 10.0. The first-order valence-electron chi connectivity index (χ1n) is 8.56. The van der Waals surface area contributed by atoms with Gasteiger partial charge in [0.25, 0.3) is 0 Å². The van der Waals surface area contributed by atoms with Crippen molar-refractivity contribution in [3.63, 3.8) is 0 Å². The number of nitrogens with one attached hydrogen (secondary N) is 1. The number of nitrogens with zero attached hydrogens (tertiary/aromatic N) is 2. The molecular weight excluding hydrogens is 298 g/mol. The predicted molar refractivity (Wildman–Crippen MR) is 96.6 cm³/mol. The summed E-state index contributed by atoms with van der Waals surface area (Å²) >= 11 is 0. The summed E-state index contributed by atoms with van der Waals surface area (Å²) in [7, 11) is 1.65. The zero-order valence-corrected chi connectivity index (χ0v) is 14.3. The number of benzene rings is 1. The molecule has 3 aromatic rings. The smallest absolute Gasteiger partial charge is 0.212 e. The Balaban J connectivity index is 1.67. The van der Waals surface area contributed by atoms with Gasteiger partial charge in [-0.2, -0.15) is 0 Å². The summed E-state index contributed by atoms with van der Waals surface area (Å²) in [5, 5.41) is 4.92. The van der Waals surface area contributed by atoms with Gasteiger partial charge in [-0.25, -0.2) is 4.98 Å². The van der Waals surface area contributed by atoms with E-state index in [2.05, 4.69) is 46.1 Å². The Bertz CT molecular complexity index is 865. The van der Waals surface area contributed by atoms with E-state index in [1.54, 1.807) is 7.11 Å². The molecular formula is C20H23N3O. The van der Waals surface area contributed by atoms with Crippen LogP contribution in [0.3, 0.4) is 0 Å². The van der Waals surface area contributed by atoms with Gasteiger partial charge >= 0.3 is 0 Å². The van der Waals surface area contributed by atoms with E-state index in [0.717, 1.165) is 32.5 Å². The molecule has 0 aliphatic carbocycles. The van der Waals surface area contributed by atoms with Gasteiger partial charge in [0.2, 0.25) is 5.88 Å². The largest absolute Gasteiger partial charge is 0.481 e. The number of aromatic nitrogens is 2. The lowest BCUT2D eigenvalue weighted by Crippen LogP contribution is -2.24. The van der Waals surface area contributed by atoms with Crippen molar-refractivity contribution in [3.8, 4) is 5.88 Å². The molecule has 0 radical (unpaired) electrons. The number of methoxy groups -OCH3 is 1. The zero-order valence-electron chi connectivity index (χ0n) is 14.3. The van der Waals surface area contributed by atoms with Crippen molar-refractivity contribution < 1.29 is 4.74 Å². The summed E-state index contributed by atoms with van der Waals surface area (Å²) in [4.78, 5) is 4.32. The summed E-state index contributed by atoms with van der Waals surface area (Å²) < 4.78 is 7.65. The summed E-state index contributed by atoms with van der Waals surface area (Å²) in [6.45, 7) is 5.20. The molecule has 0 spiro atoms. The maximum Gasteiger partial charge on any atom is 0.212 e. The topological polar surface area (TPSA) is 39.1 Å². The lowest BCUT2D eigenvalue weighted by Gasteiger charge is -2.17. The lowest BCUT2D eigenvalue weighted by molar-refractivity contribution is 0.397. The van der Waals surface area contributed by atoms with E-state index in [1.165, 1.54) is 33.3 Å². The number of rotatable bonds is 4. The van der Waals surface area contributed by atoms with Gasteiger partial charge < -0.3 is 14.6 Å². The van der Waals surface area contributed by atoms with Crippen molar-refractivity contribution in [3.05, 3.63) is 58.9 Å². The van der Waals surface area contributed by atoms with Gasteiger partial charge in [0.1, 0.15) is 0 Å². The molecule has 1 aliphatic heterocycles. The number of aryl methyl sites for hydroxylation is 3.